The Bertz CT molecular complexity index is 399. The molecule has 0 aromatic rings. The number of hydrogen-bond donors (Lipinski definition) is 1. The summed E-state index contributed by atoms with van der Waals surface area (Å²) in [5.41, 5.74) is -0.944. The molecule has 5 heteroatoms. The Labute approximate surface area is 97.7 Å². The van der Waals surface area contributed by atoms with Gasteiger partial charge < -0.3 is 4.74 Å². The monoisotopic (exact) mass is 247 g/mol. The van der Waals surface area contributed by atoms with Crippen LogP contribution >= 0.6 is 0 Å². The highest BCUT2D eigenvalue weighted by Crippen LogP contribution is 2.43. The molecule has 2 saturated heterocycles. The van der Waals surface area contributed by atoms with Crippen molar-refractivity contribution in [2.75, 3.05) is 18.1 Å². The van der Waals surface area contributed by atoms with Crippen molar-refractivity contribution in [3.05, 3.63) is 0 Å². The number of nitrogens with one attached hydrogen (secondary N) is 1. The summed E-state index contributed by atoms with van der Waals surface area (Å²) in [6.45, 7) is 9.14. The highest BCUT2D eigenvalue weighted by molar-refractivity contribution is 7.91. The summed E-state index contributed by atoms with van der Waals surface area (Å²) in [6, 6.07) is 0. The lowest BCUT2D eigenvalue weighted by Crippen LogP contribution is -2.66. The first kappa shape index (κ1) is 12.3. The number of ether oxygens (including phenoxy) is 1. The third-order valence-electron chi connectivity index (χ3n) is 4.20. The van der Waals surface area contributed by atoms with Crippen LogP contribution in [0.25, 0.3) is 0 Å². The van der Waals surface area contributed by atoms with E-state index in [0.29, 0.717) is 6.42 Å². The summed E-state index contributed by atoms with van der Waals surface area (Å²) in [4.78, 5) is 0. The van der Waals surface area contributed by atoms with Crippen LogP contribution in [0.15, 0.2) is 0 Å². The summed E-state index contributed by atoms with van der Waals surface area (Å²) in [6.07, 6.45) is 0.564. The van der Waals surface area contributed by atoms with Gasteiger partial charge in [-0.15, -0.1) is 0 Å². The summed E-state index contributed by atoms with van der Waals surface area (Å²) in [7, 11) is -2.93. The molecule has 1 spiro atoms. The molecule has 1 N–H and O–H groups in total. The van der Waals surface area contributed by atoms with Crippen LogP contribution in [0.5, 0.6) is 0 Å². The van der Waals surface area contributed by atoms with Gasteiger partial charge in [0.15, 0.2) is 9.84 Å². The Kier molecular flexibility index (Phi) is 2.47. The molecule has 0 amide bonds. The molecule has 94 valence electrons. The Hall–Kier alpha value is -0.130. The third-order valence-corrected chi connectivity index (χ3v) is 5.94. The van der Waals surface area contributed by atoms with Gasteiger partial charge in [0.05, 0.1) is 17.1 Å². The molecular formula is C11H21NO3S. The highest BCUT2D eigenvalue weighted by atomic mass is 32.2. The number of sulfone groups is 1. The van der Waals surface area contributed by atoms with E-state index in [-0.39, 0.29) is 22.5 Å². The van der Waals surface area contributed by atoms with Gasteiger partial charge in [-0.3, -0.25) is 5.32 Å². The molecule has 1 unspecified atom stereocenters. The molecule has 2 rings (SSSR count). The predicted molar refractivity (Wildman–Crippen MR) is 62.9 cm³/mol. The van der Waals surface area contributed by atoms with E-state index >= 15 is 0 Å². The van der Waals surface area contributed by atoms with Gasteiger partial charge in [-0.2, -0.15) is 0 Å². The summed E-state index contributed by atoms with van der Waals surface area (Å²) in [5.74, 6) is 0.343. The first-order valence-corrected chi connectivity index (χ1v) is 7.55. The second kappa shape index (κ2) is 3.21. The van der Waals surface area contributed by atoms with Gasteiger partial charge >= 0.3 is 0 Å². The van der Waals surface area contributed by atoms with Crippen molar-refractivity contribution in [3.8, 4) is 0 Å². The minimum Gasteiger partial charge on any atom is -0.353 e. The minimum atomic E-state index is -2.93. The van der Waals surface area contributed by atoms with E-state index in [4.69, 9.17) is 4.74 Å². The lowest BCUT2D eigenvalue weighted by molar-refractivity contribution is -0.224. The highest BCUT2D eigenvalue weighted by Gasteiger charge is 2.54. The second-order valence-corrected chi connectivity index (χ2v) is 8.37. The first-order valence-electron chi connectivity index (χ1n) is 5.73. The molecule has 1 atom stereocenters. The van der Waals surface area contributed by atoms with Crippen LogP contribution in [0, 0.1) is 5.41 Å². The van der Waals surface area contributed by atoms with Crippen LogP contribution in [-0.2, 0) is 14.6 Å². The Balaban J connectivity index is 2.24. The van der Waals surface area contributed by atoms with E-state index in [1.807, 2.05) is 13.8 Å². The fraction of sp³-hybridized carbons (Fsp3) is 1.00. The second-order valence-electron chi connectivity index (χ2n) is 6.19. The van der Waals surface area contributed by atoms with Crippen molar-refractivity contribution < 1.29 is 13.2 Å². The maximum Gasteiger partial charge on any atom is 0.154 e. The molecule has 0 aromatic carbocycles. The third kappa shape index (κ3) is 1.89. The van der Waals surface area contributed by atoms with Gasteiger partial charge in [-0.1, -0.05) is 13.8 Å². The summed E-state index contributed by atoms with van der Waals surface area (Å²) in [5, 5.41) is 3.29. The molecule has 2 aliphatic heterocycles. The molecule has 2 fully saturated rings. The van der Waals surface area contributed by atoms with Gasteiger partial charge in [0.2, 0.25) is 0 Å². The van der Waals surface area contributed by atoms with E-state index in [2.05, 4.69) is 19.2 Å². The molecule has 0 saturated carbocycles. The fourth-order valence-electron chi connectivity index (χ4n) is 2.30. The minimum absolute atomic E-state index is 0.00457. The Morgan fingerprint density at radius 1 is 1.19 bits per heavy atom. The lowest BCUT2D eigenvalue weighted by atomic mass is 9.75. The quantitative estimate of drug-likeness (QED) is 0.692. The van der Waals surface area contributed by atoms with Crippen molar-refractivity contribution >= 4 is 9.84 Å². The average Bonchev–Trinajstić information content (AvgIpc) is 2.36. The molecule has 0 radical (unpaired) electrons. The van der Waals surface area contributed by atoms with Gasteiger partial charge in [0.25, 0.3) is 0 Å². The zero-order valence-electron chi connectivity index (χ0n) is 10.5. The summed E-state index contributed by atoms with van der Waals surface area (Å²) < 4.78 is 29.2. The zero-order valence-corrected chi connectivity index (χ0v) is 11.3. The fourth-order valence-corrected chi connectivity index (χ4v) is 4.10. The molecule has 0 aromatic heterocycles. The van der Waals surface area contributed by atoms with Crippen LogP contribution in [0.2, 0.25) is 0 Å². The predicted octanol–water partition coefficient (Wildman–Crippen LogP) is 0.926. The van der Waals surface area contributed by atoms with Crippen molar-refractivity contribution in [1.29, 1.82) is 0 Å². The first-order chi connectivity index (χ1) is 7.08. The SMILES string of the molecule is CC1(C)CNC2(CCS(=O)(=O)C2)OC1(C)C. The van der Waals surface area contributed by atoms with E-state index in [1.54, 1.807) is 0 Å². The maximum absolute atomic E-state index is 11.6. The van der Waals surface area contributed by atoms with E-state index in [9.17, 15) is 8.42 Å². The van der Waals surface area contributed by atoms with Gasteiger partial charge in [0, 0.05) is 18.4 Å². The van der Waals surface area contributed by atoms with Gasteiger partial charge in [-0.05, 0) is 13.8 Å². The largest absolute Gasteiger partial charge is 0.353 e. The standard InChI is InChI=1S/C11H21NO3S/c1-9(2)7-12-11(15-10(9,3)4)5-6-16(13,14)8-11/h12H,5-8H2,1-4H3. The van der Waals surface area contributed by atoms with E-state index in [1.165, 1.54) is 0 Å². The molecule has 2 heterocycles. The van der Waals surface area contributed by atoms with Crippen molar-refractivity contribution in [2.24, 2.45) is 5.41 Å². The van der Waals surface area contributed by atoms with Crippen LogP contribution in [-0.4, -0.2) is 37.8 Å². The lowest BCUT2D eigenvalue weighted by Gasteiger charge is -2.53. The average molecular weight is 247 g/mol. The maximum atomic E-state index is 11.6. The Morgan fingerprint density at radius 3 is 2.25 bits per heavy atom. The molecule has 0 aliphatic carbocycles. The smallest absolute Gasteiger partial charge is 0.154 e. The topological polar surface area (TPSA) is 55.4 Å². The van der Waals surface area contributed by atoms with Gasteiger partial charge in [0.1, 0.15) is 5.72 Å². The van der Waals surface area contributed by atoms with E-state index in [0.717, 1.165) is 6.54 Å². The Morgan fingerprint density at radius 2 is 1.81 bits per heavy atom. The zero-order chi connectivity index (χ0) is 12.2. The van der Waals surface area contributed by atoms with Crippen LogP contribution < -0.4 is 5.32 Å². The van der Waals surface area contributed by atoms with Crippen molar-refractivity contribution in [3.63, 3.8) is 0 Å². The number of hydrogen-bond acceptors (Lipinski definition) is 4. The van der Waals surface area contributed by atoms with Crippen molar-refractivity contribution in [2.45, 2.75) is 45.4 Å². The molecule has 0 bridgehead atoms. The van der Waals surface area contributed by atoms with Crippen molar-refractivity contribution in [1.82, 2.24) is 5.32 Å². The van der Waals surface area contributed by atoms with Crippen LogP contribution in [0.1, 0.15) is 34.1 Å². The normalized spacial score (nSPS) is 40.0. The molecule has 4 nitrogen and oxygen atoms in total. The molecule has 16 heavy (non-hydrogen) atoms. The van der Waals surface area contributed by atoms with E-state index < -0.39 is 15.6 Å². The van der Waals surface area contributed by atoms with Gasteiger partial charge in [-0.25, -0.2) is 8.42 Å². The van der Waals surface area contributed by atoms with Crippen LogP contribution in [0.3, 0.4) is 0 Å². The molecular weight excluding hydrogens is 226 g/mol. The number of rotatable bonds is 0. The van der Waals surface area contributed by atoms with Crippen LogP contribution in [0.4, 0.5) is 0 Å². The molecule has 2 aliphatic rings. The summed E-state index contributed by atoms with van der Waals surface area (Å²) >= 11 is 0.